The number of likely N-dealkylation sites (tertiary alicyclic amines) is 1. The standard InChI is InChI=1S/C25H29NO7/c27-18-7-19(23(29)31-12-20(28)17-1-2-21-22(6-17)33-13-32-21)26(11-18)24(30)25-8-14-3-15(9-25)5-16(4-14)10-25/h1-2,6,14-16,18-19,27H,3-5,7-13H2. The van der Waals surface area contributed by atoms with E-state index in [0.29, 0.717) is 34.8 Å². The number of esters is 1. The second kappa shape index (κ2) is 7.72. The summed E-state index contributed by atoms with van der Waals surface area (Å²) in [5.41, 5.74) is -0.0281. The minimum atomic E-state index is -0.843. The summed E-state index contributed by atoms with van der Waals surface area (Å²) in [7, 11) is 0. The molecule has 1 saturated heterocycles. The molecule has 0 spiro atoms. The Kier molecular flexibility index (Phi) is 4.90. The van der Waals surface area contributed by atoms with Crippen molar-refractivity contribution in [2.24, 2.45) is 23.2 Å². The average molecular weight is 456 g/mol. The number of Topliss-reactive ketones (excluding diaryl/α,β-unsaturated/α-hetero) is 1. The number of amides is 1. The molecule has 6 aliphatic rings. The van der Waals surface area contributed by atoms with E-state index < -0.39 is 24.7 Å². The van der Waals surface area contributed by atoms with Crippen LogP contribution in [0.5, 0.6) is 11.5 Å². The van der Waals surface area contributed by atoms with Crippen LogP contribution in [0, 0.1) is 23.2 Å². The minimum Gasteiger partial charge on any atom is -0.456 e. The van der Waals surface area contributed by atoms with Crippen LogP contribution in [0.3, 0.4) is 0 Å². The first-order valence-corrected chi connectivity index (χ1v) is 12.0. The number of ketones is 1. The van der Waals surface area contributed by atoms with Gasteiger partial charge in [0.25, 0.3) is 0 Å². The fraction of sp³-hybridized carbons (Fsp3) is 0.640. The third-order valence-corrected chi connectivity index (χ3v) is 8.34. The molecule has 4 bridgehead atoms. The van der Waals surface area contributed by atoms with Gasteiger partial charge in [-0.1, -0.05) is 0 Å². The van der Waals surface area contributed by atoms with E-state index in [1.807, 2.05) is 0 Å². The molecule has 4 saturated carbocycles. The number of hydrogen-bond acceptors (Lipinski definition) is 7. The van der Waals surface area contributed by atoms with Gasteiger partial charge in [0, 0.05) is 18.5 Å². The Morgan fingerprint density at radius 3 is 2.36 bits per heavy atom. The molecule has 2 unspecified atom stereocenters. The van der Waals surface area contributed by atoms with E-state index in [1.165, 1.54) is 19.3 Å². The summed E-state index contributed by atoms with van der Waals surface area (Å²) < 4.78 is 15.9. The number of aliphatic hydroxyl groups is 1. The lowest BCUT2D eigenvalue weighted by Crippen LogP contribution is -2.56. The summed E-state index contributed by atoms with van der Waals surface area (Å²) in [6.07, 6.45) is 5.76. The molecular formula is C25H29NO7. The van der Waals surface area contributed by atoms with Gasteiger partial charge < -0.3 is 24.2 Å². The third-order valence-electron chi connectivity index (χ3n) is 8.34. The molecular weight excluding hydrogens is 426 g/mol. The summed E-state index contributed by atoms with van der Waals surface area (Å²) in [6, 6.07) is 3.98. The second-order valence-electron chi connectivity index (χ2n) is 10.7. The molecule has 33 heavy (non-hydrogen) atoms. The monoisotopic (exact) mass is 455 g/mol. The van der Waals surface area contributed by atoms with E-state index in [0.717, 1.165) is 19.3 Å². The molecule has 1 aromatic carbocycles. The van der Waals surface area contributed by atoms with Gasteiger partial charge >= 0.3 is 5.97 Å². The van der Waals surface area contributed by atoms with Crippen LogP contribution in [0.2, 0.25) is 0 Å². The van der Waals surface area contributed by atoms with Crippen molar-refractivity contribution < 1.29 is 33.7 Å². The van der Waals surface area contributed by atoms with Crippen LogP contribution in [0.25, 0.3) is 0 Å². The Bertz CT molecular complexity index is 969. The zero-order valence-electron chi connectivity index (χ0n) is 18.5. The Hall–Kier alpha value is -2.61. The van der Waals surface area contributed by atoms with E-state index >= 15 is 0 Å². The SMILES string of the molecule is O=C(COC(=O)C1CC(O)CN1C(=O)C12CC3CC(CC(C3)C1)C2)c1ccc2c(c1)OCO2. The molecule has 176 valence electrons. The summed E-state index contributed by atoms with van der Waals surface area (Å²) in [5.74, 6) is 1.90. The molecule has 1 N–H and O–H groups in total. The highest BCUT2D eigenvalue weighted by Crippen LogP contribution is 2.60. The molecule has 1 aromatic rings. The third kappa shape index (κ3) is 3.59. The molecule has 8 nitrogen and oxygen atoms in total. The van der Waals surface area contributed by atoms with E-state index in [4.69, 9.17) is 14.2 Å². The quantitative estimate of drug-likeness (QED) is 0.537. The fourth-order valence-electron chi connectivity index (χ4n) is 7.33. The lowest BCUT2D eigenvalue weighted by molar-refractivity contribution is -0.165. The zero-order chi connectivity index (χ0) is 22.7. The highest BCUT2D eigenvalue weighted by Gasteiger charge is 2.57. The summed E-state index contributed by atoms with van der Waals surface area (Å²) >= 11 is 0. The van der Waals surface area contributed by atoms with Crippen LogP contribution in [0.4, 0.5) is 0 Å². The van der Waals surface area contributed by atoms with Crippen molar-refractivity contribution in [2.45, 2.75) is 57.1 Å². The number of carbonyl (C=O) groups excluding carboxylic acids is 3. The molecule has 7 rings (SSSR count). The van der Waals surface area contributed by atoms with E-state index in [2.05, 4.69) is 0 Å². The molecule has 0 radical (unpaired) electrons. The number of benzene rings is 1. The zero-order valence-corrected chi connectivity index (χ0v) is 18.5. The van der Waals surface area contributed by atoms with Gasteiger partial charge in [0.2, 0.25) is 12.7 Å². The Balaban J connectivity index is 1.13. The topological polar surface area (TPSA) is 102 Å². The van der Waals surface area contributed by atoms with Crippen molar-refractivity contribution in [3.63, 3.8) is 0 Å². The van der Waals surface area contributed by atoms with Crippen LogP contribution < -0.4 is 9.47 Å². The predicted octanol–water partition coefficient (Wildman–Crippen LogP) is 2.32. The van der Waals surface area contributed by atoms with Gasteiger partial charge in [0.1, 0.15) is 6.04 Å². The molecule has 8 heteroatoms. The lowest BCUT2D eigenvalue weighted by Gasteiger charge is -2.56. The predicted molar refractivity (Wildman–Crippen MR) is 115 cm³/mol. The van der Waals surface area contributed by atoms with E-state index in [1.54, 1.807) is 23.1 Å². The molecule has 2 aliphatic heterocycles. The fourth-order valence-corrected chi connectivity index (χ4v) is 7.33. The van der Waals surface area contributed by atoms with Crippen molar-refractivity contribution >= 4 is 17.7 Å². The molecule has 2 heterocycles. The average Bonchev–Trinajstić information content (AvgIpc) is 3.41. The van der Waals surface area contributed by atoms with Crippen molar-refractivity contribution in [1.29, 1.82) is 0 Å². The van der Waals surface area contributed by atoms with Gasteiger partial charge in [-0.15, -0.1) is 0 Å². The Labute approximate surface area is 192 Å². The van der Waals surface area contributed by atoms with Gasteiger partial charge in [0.15, 0.2) is 23.9 Å². The number of carbonyl (C=O) groups is 3. The first kappa shape index (κ1) is 21.0. The molecule has 5 fully saturated rings. The van der Waals surface area contributed by atoms with Crippen LogP contribution in [0.1, 0.15) is 55.3 Å². The van der Waals surface area contributed by atoms with Crippen molar-refractivity contribution in [3.8, 4) is 11.5 Å². The largest absolute Gasteiger partial charge is 0.456 e. The van der Waals surface area contributed by atoms with Crippen molar-refractivity contribution in [3.05, 3.63) is 23.8 Å². The highest BCUT2D eigenvalue weighted by atomic mass is 16.7. The number of nitrogens with zero attached hydrogens (tertiary/aromatic N) is 1. The van der Waals surface area contributed by atoms with Gasteiger partial charge in [-0.2, -0.15) is 0 Å². The molecule has 0 aromatic heterocycles. The molecule has 2 atom stereocenters. The van der Waals surface area contributed by atoms with E-state index in [9.17, 15) is 19.5 Å². The van der Waals surface area contributed by atoms with Gasteiger partial charge in [-0.3, -0.25) is 9.59 Å². The van der Waals surface area contributed by atoms with Crippen LogP contribution >= 0.6 is 0 Å². The minimum absolute atomic E-state index is 0.00203. The number of β-amino-alcohol motifs (C(OH)–C–C–N with tert-alkyl or cyclic N) is 1. The number of hydrogen-bond donors (Lipinski definition) is 1. The normalized spacial score (nSPS) is 35.7. The van der Waals surface area contributed by atoms with Crippen LogP contribution in [-0.2, 0) is 14.3 Å². The molecule has 4 aliphatic carbocycles. The molecule has 1 amide bonds. The second-order valence-corrected chi connectivity index (χ2v) is 10.7. The first-order valence-electron chi connectivity index (χ1n) is 12.0. The van der Waals surface area contributed by atoms with E-state index in [-0.39, 0.29) is 36.9 Å². The lowest BCUT2D eigenvalue weighted by atomic mass is 9.49. The van der Waals surface area contributed by atoms with Gasteiger partial charge in [-0.05, 0) is 74.5 Å². The van der Waals surface area contributed by atoms with Crippen molar-refractivity contribution in [1.82, 2.24) is 4.90 Å². The summed E-state index contributed by atoms with van der Waals surface area (Å²) in [5, 5.41) is 10.3. The maximum atomic E-state index is 13.7. The Morgan fingerprint density at radius 1 is 1.00 bits per heavy atom. The first-order chi connectivity index (χ1) is 15.9. The summed E-state index contributed by atoms with van der Waals surface area (Å²) in [4.78, 5) is 40.8. The van der Waals surface area contributed by atoms with Gasteiger partial charge in [0.05, 0.1) is 11.5 Å². The summed E-state index contributed by atoms with van der Waals surface area (Å²) in [6.45, 7) is -0.166. The van der Waals surface area contributed by atoms with Gasteiger partial charge in [-0.25, -0.2) is 4.79 Å². The number of fused-ring (bicyclic) bond motifs is 1. The number of aliphatic hydroxyl groups excluding tert-OH is 1. The maximum Gasteiger partial charge on any atom is 0.329 e. The maximum absolute atomic E-state index is 13.7. The number of ether oxygens (including phenoxy) is 3. The number of rotatable bonds is 5. The Morgan fingerprint density at radius 2 is 1.67 bits per heavy atom. The van der Waals surface area contributed by atoms with Crippen LogP contribution in [-0.4, -0.2) is 59.8 Å². The smallest absolute Gasteiger partial charge is 0.329 e. The highest BCUT2D eigenvalue weighted by molar-refractivity contribution is 5.99. The van der Waals surface area contributed by atoms with Crippen LogP contribution in [0.15, 0.2) is 18.2 Å². The van der Waals surface area contributed by atoms with Crippen molar-refractivity contribution in [2.75, 3.05) is 19.9 Å².